The third kappa shape index (κ3) is 3.01. The summed E-state index contributed by atoms with van der Waals surface area (Å²) in [5.74, 6) is -0.755. The SMILES string of the molecule is O=C(O)c1cc(C2CC2)nc2ccc(S(=O)(=O)N3CCOCC3)cc12. The van der Waals surface area contributed by atoms with Gasteiger partial charge >= 0.3 is 5.97 Å². The maximum Gasteiger partial charge on any atom is 0.336 e. The highest BCUT2D eigenvalue weighted by molar-refractivity contribution is 7.89. The molecule has 1 aliphatic carbocycles. The molecule has 1 saturated carbocycles. The van der Waals surface area contributed by atoms with Crippen molar-refractivity contribution in [1.82, 2.24) is 9.29 Å². The maximum atomic E-state index is 12.8. The Bertz CT molecular complexity index is 947. The summed E-state index contributed by atoms with van der Waals surface area (Å²) in [6, 6.07) is 6.10. The number of fused-ring (bicyclic) bond motifs is 1. The van der Waals surface area contributed by atoms with Crippen LogP contribution in [0.4, 0.5) is 0 Å². The summed E-state index contributed by atoms with van der Waals surface area (Å²) >= 11 is 0. The molecule has 1 N–H and O–H groups in total. The molecule has 0 bridgehead atoms. The van der Waals surface area contributed by atoms with Gasteiger partial charge in [0.1, 0.15) is 0 Å². The first-order valence-corrected chi connectivity index (χ1v) is 9.67. The first-order valence-electron chi connectivity index (χ1n) is 8.23. The molecule has 1 aliphatic heterocycles. The monoisotopic (exact) mass is 362 g/mol. The molecule has 0 amide bonds. The van der Waals surface area contributed by atoms with Crippen LogP contribution >= 0.6 is 0 Å². The van der Waals surface area contributed by atoms with Gasteiger partial charge in [-0.15, -0.1) is 0 Å². The van der Waals surface area contributed by atoms with Crippen LogP contribution in [0.1, 0.15) is 34.8 Å². The molecule has 2 heterocycles. The average molecular weight is 362 g/mol. The Morgan fingerprint density at radius 3 is 2.56 bits per heavy atom. The Labute approximate surface area is 145 Å². The number of aromatic nitrogens is 1. The van der Waals surface area contributed by atoms with Crippen molar-refractivity contribution < 1.29 is 23.1 Å². The predicted molar refractivity (Wildman–Crippen MR) is 90.3 cm³/mol. The van der Waals surface area contributed by atoms with Crippen molar-refractivity contribution >= 4 is 26.9 Å². The van der Waals surface area contributed by atoms with E-state index in [1.807, 2.05) is 0 Å². The minimum absolute atomic E-state index is 0.0883. The number of carboxylic acid groups (broad SMARTS) is 1. The van der Waals surface area contributed by atoms with Crippen LogP contribution in [0.2, 0.25) is 0 Å². The molecule has 132 valence electrons. The molecule has 0 radical (unpaired) electrons. The van der Waals surface area contributed by atoms with Crippen LogP contribution < -0.4 is 0 Å². The second-order valence-electron chi connectivity index (χ2n) is 6.37. The number of sulfonamides is 1. The maximum absolute atomic E-state index is 12.8. The summed E-state index contributed by atoms with van der Waals surface area (Å²) in [4.78, 5) is 16.3. The molecular weight excluding hydrogens is 344 g/mol. The van der Waals surface area contributed by atoms with E-state index in [4.69, 9.17) is 4.74 Å². The Balaban J connectivity index is 1.82. The van der Waals surface area contributed by atoms with Gasteiger partial charge in [0.05, 0.1) is 29.2 Å². The van der Waals surface area contributed by atoms with Gasteiger partial charge in [0.15, 0.2) is 0 Å². The van der Waals surface area contributed by atoms with Crippen molar-refractivity contribution in [3.8, 4) is 0 Å². The molecule has 2 aliphatic rings. The molecule has 1 aromatic carbocycles. The van der Waals surface area contributed by atoms with Crippen LogP contribution in [-0.2, 0) is 14.8 Å². The second kappa shape index (κ2) is 6.05. The molecule has 1 saturated heterocycles. The summed E-state index contributed by atoms with van der Waals surface area (Å²) in [6.45, 7) is 1.31. The van der Waals surface area contributed by atoms with E-state index in [0.717, 1.165) is 18.5 Å². The summed E-state index contributed by atoms with van der Waals surface area (Å²) in [7, 11) is -3.68. The Hall–Kier alpha value is -2.03. The third-order valence-corrected chi connectivity index (χ3v) is 6.53. The lowest BCUT2D eigenvalue weighted by atomic mass is 10.1. The smallest absolute Gasteiger partial charge is 0.336 e. The molecule has 1 aromatic heterocycles. The van der Waals surface area contributed by atoms with E-state index in [2.05, 4.69) is 4.98 Å². The fourth-order valence-electron chi connectivity index (χ4n) is 3.09. The normalized spacial score (nSPS) is 19.2. The number of hydrogen-bond acceptors (Lipinski definition) is 5. The van der Waals surface area contributed by atoms with Crippen molar-refractivity contribution in [2.75, 3.05) is 26.3 Å². The van der Waals surface area contributed by atoms with Gasteiger partial charge in [0, 0.05) is 30.1 Å². The lowest BCUT2D eigenvalue weighted by molar-refractivity contribution is 0.0698. The average Bonchev–Trinajstić information content (AvgIpc) is 3.46. The first-order chi connectivity index (χ1) is 12.0. The van der Waals surface area contributed by atoms with E-state index >= 15 is 0 Å². The number of carboxylic acids is 1. The van der Waals surface area contributed by atoms with Crippen LogP contribution in [0.25, 0.3) is 10.9 Å². The van der Waals surface area contributed by atoms with E-state index in [9.17, 15) is 18.3 Å². The quantitative estimate of drug-likeness (QED) is 0.891. The topological polar surface area (TPSA) is 96.8 Å². The van der Waals surface area contributed by atoms with Gasteiger partial charge in [-0.1, -0.05) is 0 Å². The zero-order valence-corrected chi connectivity index (χ0v) is 14.3. The van der Waals surface area contributed by atoms with Gasteiger partial charge in [-0.3, -0.25) is 4.98 Å². The van der Waals surface area contributed by atoms with Crippen LogP contribution in [0.15, 0.2) is 29.2 Å². The Morgan fingerprint density at radius 2 is 1.92 bits per heavy atom. The van der Waals surface area contributed by atoms with Crippen molar-refractivity contribution in [2.45, 2.75) is 23.7 Å². The number of hydrogen-bond donors (Lipinski definition) is 1. The predicted octanol–water partition coefficient (Wildman–Crippen LogP) is 1.83. The lowest BCUT2D eigenvalue weighted by Crippen LogP contribution is -2.40. The van der Waals surface area contributed by atoms with Crippen LogP contribution in [0.5, 0.6) is 0 Å². The molecule has 8 heteroatoms. The number of nitrogens with zero attached hydrogens (tertiary/aromatic N) is 2. The Morgan fingerprint density at radius 1 is 1.20 bits per heavy atom. The molecule has 4 rings (SSSR count). The van der Waals surface area contributed by atoms with E-state index in [1.54, 1.807) is 12.1 Å². The minimum Gasteiger partial charge on any atom is -0.478 e. The Kier molecular flexibility index (Phi) is 3.98. The molecule has 25 heavy (non-hydrogen) atoms. The molecule has 0 spiro atoms. The second-order valence-corrected chi connectivity index (χ2v) is 8.31. The number of pyridine rings is 1. The van der Waals surface area contributed by atoms with Gasteiger partial charge in [0.2, 0.25) is 10.0 Å². The molecule has 2 aromatic rings. The fourth-order valence-corrected chi connectivity index (χ4v) is 4.52. The van der Waals surface area contributed by atoms with Gasteiger partial charge in [-0.05, 0) is 37.1 Å². The van der Waals surface area contributed by atoms with Gasteiger partial charge in [-0.25, -0.2) is 13.2 Å². The third-order valence-electron chi connectivity index (χ3n) is 4.63. The fraction of sp³-hybridized carbons (Fsp3) is 0.412. The van der Waals surface area contributed by atoms with Crippen LogP contribution in [0.3, 0.4) is 0 Å². The van der Waals surface area contributed by atoms with Crippen molar-refractivity contribution in [3.63, 3.8) is 0 Å². The first kappa shape index (κ1) is 16.4. The summed E-state index contributed by atoms with van der Waals surface area (Å²) in [5.41, 5.74) is 1.39. The van der Waals surface area contributed by atoms with E-state index < -0.39 is 16.0 Å². The number of carbonyl (C=O) groups is 1. The number of morpholine rings is 1. The van der Waals surface area contributed by atoms with E-state index in [1.165, 1.54) is 16.4 Å². The van der Waals surface area contributed by atoms with Crippen molar-refractivity contribution in [2.24, 2.45) is 0 Å². The van der Waals surface area contributed by atoms with Gasteiger partial charge in [-0.2, -0.15) is 4.31 Å². The number of rotatable bonds is 4. The summed E-state index contributed by atoms with van der Waals surface area (Å²) < 4.78 is 32.2. The summed E-state index contributed by atoms with van der Waals surface area (Å²) in [5, 5.41) is 9.90. The largest absolute Gasteiger partial charge is 0.478 e. The van der Waals surface area contributed by atoms with E-state index in [0.29, 0.717) is 43.1 Å². The molecule has 7 nitrogen and oxygen atoms in total. The number of ether oxygens (including phenoxy) is 1. The summed E-state index contributed by atoms with van der Waals surface area (Å²) in [6.07, 6.45) is 2.03. The minimum atomic E-state index is -3.68. The number of benzene rings is 1. The zero-order valence-electron chi connectivity index (χ0n) is 13.5. The van der Waals surface area contributed by atoms with Crippen LogP contribution in [-0.4, -0.2) is 55.1 Å². The zero-order chi connectivity index (χ0) is 17.6. The molecular formula is C17H18N2O5S. The van der Waals surface area contributed by atoms with Crippen LogP contribution in [0, 0.1) is 0 Å². The highest BCUT2D eigenvalue weighted by atomic mass is 32.2. The molecule has 2 fully saturated rings. The van der Waals surface area contributed by atoms with Crippen molar-refractivity contribution in [1.29, 1.82) is 0 Å². The lowest BCUT2D eigenvalue weighted by Gasteiger charge is -2.26. The molecule has 0 atom stereocenters. The van der Waals surface area contributed by atoms with Gasteiger partial charge < -0.3 is 9.84 Å². The standard InChI is InChI=1S/C17H18N2O5S/c20-17(21)14-10-16(11-1-2-11)18-15-4-3-12(9-13(14)15)25(22,23)19-5-7-24-8-6-19/h3-4,9-11H,1-2,5-8H2,(H,20,21). The molecule has 0 unspecified atom stereocenters. The van der Waals surface area contributed by atoms with E-state index in [-0.39, 0.29) is 10.5 Å². The van der Waals surface area contributed by atoms with Crippen molar-refractivity contribution in [3.05, 3.63) is 35.5 Å². The highest BCUT2D eigenvalue weighted by Gasteiger charge is 2.29. The number of aromatic carboxylic acids is 1. The highest BCUT2D eigenvalue weighted by Crippen LogP contribution is 2.40. The van der Waals surface area contributed by atoms with Gasteiger partial charge in [0.25, 0.3) is 0 Å².